The molecule has 0 unspecified atom stereocenters. The SMILES string of the molecule is C[C@H](N)CS(=O)(=O)Cl. The summed E-state index contributed by atoms with van der Waals surface area (Å²) >= 11 is 0. The van der Waals surface area contributed by atoms with E-state index in [9.17, 15) is 8.42 Å². The Balaban J connectivity index is 3.75. The van der Waals surface area contributed by atoms with Crippen LogP contribution < -0.4 is 5.73 Å². The van der Waals surface area contributed by atoms with Crippen LogP contribution in [0.5, 0.6) is 0 Å². The molecule has 2 N–H and O–H groups in total. The van der Waals surface area contributed by atoms with Crippen LogP contribution in [0.4, 0.5) is 0 Å². The third-order valence-corrected chi connectivity index (χ3v) is 1.76. The number of hydrogen-bond donors (Lipinski definition) is 1. The fourth-order valence-corrected chi connectivity index (χ4v) is 1.54. The first kappa shape index (κ1) is 8.20. The third-order valence-electron chi connectivity index (χ3n) is 0.462. The lowest BCUT2D eigenvalue weighted by Gasteiger charge is -1.97. The zero-order chi connectivity index (χ0) is 6.78. The predicted octanol–water partition coefficient (Wildman–Crippen LogP) is -0.0978. The largest absolute Gasteiger partial charge is 0.327 e. The molecular weight excluding hydrogens is 150 g/mol. The number of nitrogens with two attached hydrogens (primary N) is 1. The molecule has 0 radical (unpaired) electrons. The minimum atomic E-state index is -3.38. The molecule has 0 aromatic heterocycles. The molecule has 0 spiro atoms. The van der Waals surface area contributed by atoms with Crippen LogP contribution in [-0.4, -0.2) is 20.2 Å². The molecule has 0 rings (SSSR count). The molecule has 0 amide bonds. The highest BCUT2D eigenvalue weighted by Crippen LogP contribution is 1.96. The lowest BCUT2D eigenvalue weighted by Crippen LogP contribution is -2.23. The molecule has 0 aliphatic heterocycles. The molecule has 0 aliphatic rings. The van der Waals surface area contributed by atoms with Crippen LogP contribution in [-0.2, 0) is 9.05 Å². The van der Waals surface area contributed by atoms with Crippen LogP contribution >= 0.6 is 10.7 Å². The molecule has 3 nitrogen and oxygen atoms in total. The maximum Gasteiger partial charge on any atom is 0.234 e. The highest BCUT2D eigenvalue weighted by Gasteiger charge is 2.06. The molecule has 0 heterocycles. The Morgan fingerprint density at radius 2 is 2.12 bits per heavy atom. The minimum absolute atomic E-state index is 0.158. The zero-order valence-corrected chi connectivity index (χ0v) is 6.04. The molecule has 1 atom stereocenters. The van der Waals surface area contributed by atoms with Gasteiger partial charge in [-0.05, 0) is 6.92 Å². The summed E-state index contributed by atoms with van der Waals surface area (Å²) in [6, 6.07) is -0.377. The fraction of sp³-hybridized carbons (Fsp3) is 1.00. The van der Waals surface area contributed by atoms with E-state index in [1.165, 1.54) is 0 Å². The van der Waals surface area contributed by atoms with E-state index < -0.39 is 9.05 Å². The Hall–Kier alpha value is 0.200. The van der Waals surface area contributed by atoms with Gasteiger partial charge in [0, 0.05) is 16.7 Å². The maximum atomic E-state index is 10.1. The van der Waals surface area contributed by atoms with Gasteiger partial charge in [-0.25, -0.2) is 8.42 Å². The van der Waals surface area contributed by atoms with Crippen molar-refractivity contribution in [3.63, 3.8) is 0 Å². The topological polar surface area (TPSA) is 60.2 Å². The van der Waals surface area contributed by atoms with Gasteiger partial charge in [0.1, 0.15) is 0 Å². The van der Waals surface area contributed by atoms with Crippen LogP contribution in [0.25, 0.3) is 0 Å². The van der Waals surface area contributed by atoms with Crippen molar-refractivity contribution in [3.05, 3.63) is 0 Å². The van der Waals surface area contributed by atoms with Crippen LogP contribution in [0.2, 0.25) is 0 Å². The van der Waals surface area contributed by atoms with Crippen molar-refractivity contribution in [2.24, 2.45) is 5.73 Å². The van der Waals surface area contributed by atoms with Crippen molar-refractivity contribution in [2.75, 3.05) is 5.75 Å². The molecule has 0 aliphatic carbocycles. The molecule has 0 bridgehead atoms. The van der Waals surface area contributed by atoms with Gasteiger partial charge in [0.25, 0.3) is 0 Å². The van der Waals surface area contributed by atoms with Gasteiger partial charge in [-0.15, -0.1) is 0 Å². The molecule has 0 saturated heterocycles. The molecule has 0 aromatic carbocycles. The van der Waals surface area contributed by atoms with Crippen LogP contribution in [0.3, 0.4) is 0 Å². The van der Waals surface area contributed by atoms with Gasteiger partial charge in [-0.3, -0.25) is 0 Å². The quantitative estimate of drug-likeness (QED) is 0.570. The van der Waals surface area contributed by atoms with Gasteiger partial charge in [-0.2, -0.15) is 0 Å². The first-order valence-corrected chi connectivity index (χ1v) is 4.57. The maximum absolute atomic E-state index is 10.1. The van der Waals surface area contributed by atoms with Crippen molar-refractivity contribution in [1.82, 2.24) is 0 Å². The summed E-state index contributed by atoms with van der Waals surface area (Å²) in [6.07, 6.45) is 0. The molecule has 5 heteroatoms. The van der Waals surface area contributed by atoms with Crippen molar-refractivity contribution >= 4 is 19.7 Å². The van der Waals surface area contributed by atoms with Gasteiger partial charge in [0.05, 0.1) is 5.75 Å². The lowest BCUT2D eigenvalue weighted by molar-refractivity contribution is 0.604. The molecule has 8 heavy (non-hydrogen) atoms. The lowest BCUT2D eigenvalue weighted by atomic mass is 10.4. The molecule has 50 valence electrons. The van der Waals surface area contributed by atoms with Gasteiger partial charge in [0.15, 0.2) is 0 Å². The van der Waals surface area contributed by atoms with E-state index in [0.717, 1.165) is 0 Å². The van der Waals surface area contributed by atoms with E-state index in [1.54, 1.807) is 6.92 Å². The van der Waals surface area contributed by atoms with E-state index in [4.69, 9.17) is 16.4 Å². The van der Waals surface area contributed by atoms with Crippen molar-refractivity contribution < 1.29 is 8.42 Å². The van der Waals surface area contributed by atoms with Crippen LogP contribution in [0, 0.1) is 0 Å². The fourth-order valence-electron chi connectivity index (χ4n) is 0.314. The van der Waals surface area contributed by atoms with Crippen LogP contribution in [0.1, 0.15) is 6.92 Å². The van der Waals surface area contributed by atoms with Crippen molar-refractivity contribution in [3.8, 4) is 0 Å². The zero-order valence-electron chi connectivity index (χ0n) is 4.46. The monoisotopic (exact) mass is 157 g/mol. The second-order valence-corrected chi connectivity index (χ2v) is 4.50. The Kier molecular flexibility index (Phi) is 2.73. The van der Waals surface area contributed by atoms with E-state index in [-0.39, 0.29) is 11.8 Å². The Labute approximate surface area is 53.2 Å². The Bertz CT molecular complexity index is 151. The highest BCUT2D eigenvalue weighted by atomic mass is 35.7. The predicted molar refractivity (Wildman–Crippen MR) is 33.3 cm³/mol. The highest BCUT2D eigenvalue weighted by molar-refractivity contribution is 8.13. The summed E-state index contributed by atoms with van der Waals surface area (Å²) in [5.74, 6) is -0.158. The van der Waals surface area contributed by atoms with Crippen molar-refractivity contribution in [1.29, 1.82) is 0 Å². The average Bonchev–Trinajstić information content (AvgIpc) is 1.21. The number of rotatable bonds is 2. The molecule has 0 fully saturated rings. The second kappa shape index (κ2) is 2.66. The summed E-state index contributed by atoms with van der Waals surface area (Å²) in [6.45, 7) is 1.58. The smallest absolute Gasteiger partial charge is 0.234 e. The summed E-state index contributed by atoms with van der Waals surface area (Å²) < 4.78 is 20.3. The molecule has 0 aromatic rings. The molecule has 0 saturated carbocycles. The second-order valence-electron chi connectivity index (χ2n) is 1.68. The first-order chi connectivity index (χ1) is 3.42. The van der Waals surface area contributed by atoms with Gasteiger partial charge in [0.2, 0.25) is 9.05 Å². The number of hydrogen-bond acceptors (Lipinski definition) is 3. The van der Waals surface area contributed by atoms with Crippen LogP contribution in [0.15, 0.2) is 0 Å². The third kappa shape index (κ3) is 6.20. The van der Waals surface area contributed by atoms with Gasteiger partial charge in [-0.1, -0.05) is 0 Å². The number of halogens is 1. The minimum Gasteiger partial charge on any atom is -0.327 e. The summed E-state index contributed by atoms with van der Waals surface area (Å²) in [7, 11) is 1.44. The molecular formula is C3H8ClNO2S. The normalized spacial score (nSPS) is 15.9. The van der Waals surface area contributed by atoms with Gasteiger partial charge < -0.3 is 5.73 Å². The Morgan fingerprint density at radius 1 is 1.75 bits per heavy atom. The summed E-state index contributed by atoms with van der Waals surface area (Å²) in [5.41, 5.74) is 5.11. The van der Waals surface area contributed by atoms with E-state index in [1.807, 2.05) is 0 Å². The van der Waals surface area contributed by atoms with Crippen molar-refractivity contribution in [2.45, 2.75) is 13.0 Å². The standard InChI is InChI=1S/C3H8ClNO2S/c1-3(5)2-8(4,6)7/h3H,2,5H2,1H3/t3-/m0/s1. The first-order valence-electron chi connectivity index (χ1n) is 2.10. The Morgan fingerprint density at radius 3 is 2.12 bits per heavy atom. The van der Waals surface area contributed by atoms with E-state index >= 15 is 0 Å². The summed E-state index contributed by atoms with van der Waals surface area (Å²) in [5, 5.41) is 0. The van der Waals surface area contributed by atoms with E-state index in [0.29, 0.717) is 0 Å². The van der Waals surface area contributed by atoms with Gasteiger partial charge >= 0.3 is 0 Å². The summed E-state index contributed by atoms with van der Waals surface area (Å²) in [4.78, 5) is 0. The average molecular weight is 158 g/mol. The van der Waals surface area contributed by atoms with E-state index in [2.05, 4.69) is 0 Å².